The molecule has 8 heteroatoms. The first kappa shape index (κ1) is 17.3. The summed E-state index contributed by atoms with van der Waals surface area (Å²) in [6, 6.07) is 5.71. The quantitative estimate of drug-likeness (QED) is 0.803. The number of benzene rings is 1. The van der Waals surface area contributed by atoms with Gasteiger partial charge in [0.15, 0.2) is 4.77 Å². The highest BCUT2D eigenvalue weighted by Crippen LogP contribution is 2.14. The zero-order valence-corrected chi connectivity index (χ0v) is 14.4. The molecule has 0 unspecified atom stereocenters. The van der Waals surface area contributed by atoms with Crippen molar-refractivity contribution in [3.05, 3.63) is 46.7 Å². The van der Waals surface area contributed by atoms with Gasteiger partial charge in [0.25, 0.3) is 5.91 Å². The standard InChI is InChI=1S/C17H19FN4O2S/c18-12-3-5-13(6-4-12)22-14(11-20-17(22)25)16(24)19-8-7-15(23)21-9-1-2-10-21/h3-6,11H,1-2,7-10H2,(H,19,24)(H,20,25). The first-order valence-electron chi connectivity index (χ1n) is 8.18. The summed E-state index contributed by atoms with van der Waals surface area (Å²) >= 11 is 5.21. The fraction of sp³-hybridized carbons (Fsp3) is 0.353. The number of amides is 2. The number of H-pyrrole nitrogens is 1. The fourth-order valence-electron chi connectivity index (χ4n) is 2.88. The number of aromatic amines is 1. The van der Waals surface area contributed by atoms with Gasteiger partial charge in [0.2, 0.25) is 5.91 Å². The number of carbonyl (C=O) groups excluding carboxylic acids is 2. The van der Waals surface area contributed by atoms with E-state index in [0.29, 0.717) is 16.2 Å². The van der Waals surface area contributed by atoms with Crippen LogP contribution in [0, 0.1) is 10.6 Å². The van der Waals surface area contributed by atoms with Crippen LogP contribution in [0.5, 0.6) is 0 Å². The Kier molecular flexibility index (Phi) is 5.28. The SMILES string of the molecule is O=C(NCCC(=O)N1CCCC1)c1c[nH]c(=S)n1-c1ccc(F)cc1. The highest BCUT2D eigenvalue weighted by Gasteiger charge is 2.18. The van der Waals surface area contributed by atoms with Gasteiger partial charge in [-0.1, -0.05) is 0 Å². The summed E-state index contributed by atoms with van der Waals surface area (Å²) in [6.07, 6.45) is 3.86. The van der Waals surface area contributed by atoms with Gasteiger partial charge in [-0.15, -0.1) is 0 Å². The lowest BCUT2D eigenvalue weighted by molar-refractivity contribution is -0.129. The molecular weight excluding hydrogens is 343 g/mol. The number of hydrogen-bond acceptors (Lipinski definition) is 3. The van der Waals surface area contributed by atoms with Crippen LogP contribution in [0.3, 0.4) is 0 Å². The summed E-state index contributed by atoms with van der Waals surface area (Å²) in [5.74, 6) is -0.648. The molecule has 0 spiro atoms. The smallest absolute Gasteiger partial charge is 0.269 e. The van der Waals surface area contributed by atoms with E-state index in [-0.39, 0.29) is 30.6 Å². The lowest BCUT2D eigenvalue weighted by Crippen LogP contribution is -2.33. The molecule has 0 atom stereocenters. The number of aromatic nitrogens is 2. The second-order valence-corrected chi connectivity index (χ2v) is 6.27. The summed E-state index contributed by atoms with van der Waals surface area (Å²) in [4.78, 5) is 29.1. The predicted octanol–water partition coefficient (Wildman–Crippen LogP) is 2.42. The van der Waals surface area contributed by atoms with E-state index in [1.54, 1.807) is 12.1 Å². The maximum atomic E-state index is 13.1. The second kappa shape index (κ2) is 7.60. The number of nitrogens with zero attached hydrogens (tertiary/aromatic N) is 2. The van der Waals surface area contributed by atoms with Crippen LogP contribution in [-0.2, 0) is 4.79 Å². The third-order valence-electron chi connectivity index (χ3n) is 4.18. The Morgan fingerprint density at radius 2 is 1.88 bits per heavy atom. The number of rotatable bonds is 5. The van der Waals surface area contributed by atoms with Gasteiger partial charge in [-0.3, -0.25) is 14.2 Å². The number of nitrogens with one attached hydrogen (secondary N) is 2. The van der Waals surface area contributed by atoms with Crippen LogP contribution < -0.4 is 5.32 Å². The molecule has 132 valence electrons. The molecule has 1 saturated heterocycles. The molecule has 1 aromatic heterocycles. The Hall–Kier alpha value is -2.48. The lowest BCUT2D eigenvalue weighted by atomic mass is 10.3. The predicted molar refractivity (Wildman–Crippen MR) is 93.7 cm³/mol. The summed E-state index contributed by atoms with van der Waals surface area (Å²) < 4.78 is 15.0. The molecule has 1 aliphatic heterocycles. The van der Waals surface area contributed by atoms with Crippen molar-refractivity contribution in [2.24, 2.45) is 0 Å². The van der Waals surface area contributed by atoms with E-state index < -0.39 is 0 Å². The molecule has 2 N–H and O–H groups in total. The summed E-state index contributed by atoms with van der Waals surface area (Å²) in [6.45, 7) is 1.86. The van der Waals surface area contributed by atoms with Crippen molar-refractivity contribution >= 4 is 24.0 Å². The second-order valence-electron chi connectivity index (χ2n) is 5.88. The Bertz CT molecular complexity index is 822. The van der Waals surface area contributed by atoms with Gasteiger partial charge < -0.3 is 15.2 Å². The average Bonchev–Trinajstić information content (AvgIpc) is 3.25. The Balaban J connectivity index is 1.65. The van der Waals surface area contributed by atoms with Gasteiger partial charge in [0, 0.05) is 37.9 Å². The molecule has 0 saturated carbocycles. The van der Waals surface area contributed by atoms with E-state index in [1.165, 1.54) is 22.9 Å². The minimum Gasteiger partial charge on any atom is -0.350 e. The van der Waals surface area contributed by atoms with Crippen molar-refractivity contribution in [2.75, 3.05) is 19.6 Å². The molecule has 0 bridgehead atoms. The van der Waals surface area contributed by atoms with Crippen LogP contribution in [0.1, 0.15) is 29.8 Å². The Morgan fingerprint density at radius 1 is 1.20 bits per heavy atom. The Labute approximate surface area is 149 Å². The summed E-state index contributed by atoms with van der Waals surface area (Å²) in [7, 11) is 0. The van der Waals surface area contributed by atoms with Crippen molar-refractivity contribution in [3.63, 3.8) is 0 Å². The minimum atomic E-state index is -0.364. The molecule has 3 rings (SSSR count). The van der Waals surface area contributed by atoms with Gasteiger partial charge in [-0.25, -0.2) is 4.39 Å². The number of halogens is 1. The van der Waals surface area contributed by atoms with Gasteiger partial charge in [-0.2, -0.15) is 0 Å². The van der Waals surface area contributed by atoms with E-state index in [9.17, 15) is 14.0 Å². The topological polar surface area (TPSA) is 70.1 Å². The van der Waals surface area contributed by atoms with Crippen LogP contribution in [-0.4, -0.2) is 45.9 Å². The van der Waals surface area contributed by atoms with Crippen LogP contribution in [0.25, 0.3) is 5.69 Å². The summed E-state index contributed by atoms with van der Waals surface area (Å²) in [5, 5.41) is 2.74. The number of likely N-dealkylation sites (tertiary alicyclic amines) is 1. The van der Waals surface area contributed by atoms with Crippen LogP contribution in [0.2, 0.25) is 0 Å². The first-order valence-corrected chi connectivity index (χ1v) is 8.59. The van der Waals surface area contributed by atoms with Crippen LogP contribution >= 0.6 is 12.2 Å². The molecule has 0 radical (unpaired) electrons. The van der Waals surface area contributed by atoms with Gasteiger partial charge in [0.1, 0.15) is 11.5 Å². The molecule has 2 amide bonds. The van der Waals surface area contributed by atoms with E-state index >= 15 is 0 Å². The third-order valence-corrected chi connectivity index (χ3v) is 4.48. The van der Waals surface area contributed by atoms with Gasteiger partial charge in [-0.05, 0) is 49.3 Å². The van der Waals surface area contributed by atoms with E-state index in [4.69, 9.17) is 12.2 Å². The molecular formula is C17H19FN4O2S. The van der Waals surface area contributed by atoms with E-state index in [0.717, 1.165) is 25.9 Å². The van der Waals surface area contributed by atoms with Crippen molar-refractivity contribution in [3.8, 4) is 5.69 Å². The monoisotopic (exact) mass is 362 g/mol. The highest BCUT2D eigenvalue weighted by atomic mass is 32.1. The average molecular weight is 362 g/mol. The zero-order chi connectivity index (χ0) is 17.8. The van der Waals surface area contributed by atoms with Crippen molar-refractivity contribution in [2.45, 2.75) is 19.3 Å². The number of hydrogen-bond donors (Lipinski definition) is 2. The first-order chi connectivity index (χ1) is 12.1. The molecule has 1 aliphatic rings. The molecule has 0 aliphatic carbocycles. The fourth-order valence-corrected chi connectivity index (χ4v) is 3.14. The normalized spacial score (nSPS) is 13.9. The largest absolute Gasteiger partial charge is 0.350 e. The number of carbonyl (C=O) groups is 2. The summed E-state index contributed by atoms with van der Waals surface area (Å²) in [5.41, 5.74) is 0.899. The maximum Gasteiger partial charge on any atom is 0.269 e. The minimum absolute atomic E-state index is 0.0576. The third kappa shape index (κ3) is 3.96. The maximum absolute atomic E-state index is 13.1. The van der Waals surface area contributed by atoms with Gasteiger partial charge >= 0.3 is 0 Å². The molecule has 2 heterocycles. The van der Waals surface area contributed by atoms with Crippen LogP contribution in [0.4, 0.5) is 4.39 Å². The van der Waals surface area contributed by atoms with Crippen molar-refractivity contribution < 1.29 is 14.0 Å². The molecule has 1 aromatic carbocycles. The van der Waals surface area contributed by atoms with E-state index in [1.807, 2.05) is 4.90 Å². The van der Waals surface area contributed by atoms with Crippen LogP contribution in [0.15, 0.2) is 30.5 Å². The molecule has 1 fully saturated rings. The Morgan fingerprint density at radius 3 is 2.56 bits per heavy atom. The lowest BCUT2D eigenvalue weighted by Gasteiger charge is -2.15. The van der Waals surface area contributed by atoms with E-state index in [2.05, 4.69) is 10.3 Å². The molecule has 2 aromatic rings. The molecule has 25 heavy (non-hydrogen) atoms. The molecule has 6 nitrogen and oxygen atoms in total. The highest BCUT2D eigenvalue weighted by molar-refractivity contribution is 7.71. The van der Waals surface area contributed by atoms with Crippen molar-refractivity contribution in [1.82, 2.24) is 19.8 Å². The zero-order valence-electron chi connectivity index (χ0n) is 13.6. The van der Waals surface area contributed by atoms with Gasteiger partial charge in [0.05, 0.1) is 0 Å². The number of imidazole rings is 1. The van der Waals surface area contributed by atoms with Crippen molar-refractivity contribution in [1.29, 1.82) is 0 Å².